The van der Waals surface area contributed by atoms with Gasteiger partial charge in [0.2, 0.25) is 0 Å². The van der Waals surface area contributed by atoms with E-state index in [4.69, 9.17) is 9.84 Å². The average Bonchev–Trinajstić information content (AvgIpc) is 2.26. The first-order chi connectivity index (χ1) is 8.84. The van der Waals surface area contributed by atoms with Crippen molar-refractivity contribution in [2.45, 2.75) is 25.8 Å². The van der Waals surface area contributed by atoms with Crippen molar-refractivity contribution in [1.82, 2.24) is 5.32 Å². The largest absolute Gasteiger partial charge is 0.483 e. The molecule has 4 nitrogen and oxygen atoms in total. The summed E-state index contributed by atoms with van der Waals surface area (Å²) in [7, 11) is 0. The molecule has 0 radical (unpaired) electrons. The molecule has 0 spiro atoms. The van der Waals surface area contributed by atoms with Crippen LogP contribution in [-0.2, 0) is 4.79 Å². The molecule has 1 aromatic carbocycles. The lowest BCUT2D eigenvalue weighted by Gasteiger charge is -2.25. The Hall–Kier alpha value is -0.590. The highest BCUT2D eigenvalue weighted by atomic mass is 79.9. The van der Waals surface area contributed by atoms with Crippen LogP contribution in [0.1, 0.15) is 20.3 Å². The van der Waals surface area contributed by atoms with Gasteiger partial charge in [0.25, 0.3) is 5.91 Å². The lowest BCUT2D eigenvalue weighted by atomic mass is 10.0. The monoisotopic (exact) mass is 393 g/mol. The van der Waals surface area contributed by atoms with Gasteiger partial charge in [0, 0.05) is 16.6 Å². The van der Waals surface area contributed by atoms with E-state index in [1.165, 1.54) is 0 Å². The van der Waals surface area contributed by atoms with E-state index in [-0.39, 0.29) is 19.1 Å². The van der Waals surface area contributed by atoms with Crippen molar-refractivity contribution in [2.24, 2.45) is 0 Å². The Labute approximate surface area is 129 Å². The van der Waals surface area contributed by atoms with Crippen molar-refractivity contribution in [3.05, 3.63) is 27.1 Å². The first-order valence-electron chi connectivity index (χ1n) is 5.84. The van der Waals surface area contributed by atoms with E-state index in [2.05, 4.69) is 37.2 Å². The minimum Gasteiger partial charge on any atom is -0.483 e. The van der Waals surface area contributed by atoms with Crippen LogP contribution in [0.4, 0.5) is 0 Å². The number of halogens is 2. The summed E-state index contributed by atoms with van der Waals surface area (Å²) in [4.78, 5) is 11.7. The van der Waals surface area contributed by atoms with E-state index in [1.54, 1.807) is 6.07 Å². The molecule has 0 aliphatic carbocycles. The molecule has 0 atom stereocenters. The fourth-order valence-electron chi connectivity index (χ4n) is 1.49. The van der Waals surface area contributed by atoms with Gasteiger partial charge >= 0.3 is 0 Å². The highest BCUT2D eigenvalue weighted by Gasteiger charge is 2.19. The number of benzene rings is 1. The van der Waals surface area contributed by atoms with Crippen LogP contribution >= 0.6 is 31.9 Å². The zero-order valence-electron chi connectivity index (χ0n) is 10.9. The van der Waals surface area contributed by atoms with Crippen LogP contribution in [0.5, 0.6) is 5.75 Å². The van der Waals surface area contributed by atoms with Gasteiger partial charge in [-0.15, -0.1) is 0 Å². The number of carbonyl (C=O) groups excluding carboxylic acids is 1. The molecular formula is C13H17Br2NO3. The Bertz CT molecular complexity index is 450. The predicted molar refractivity (Wildman–Crippen MR) is 81.3 cm³/mol. The van der Waals surface area contributed by atoms with Gasteiger partial charge in [-0.25, -0.2) is 0 Å². The first kappa shape index (κ1) is 16.5. The van der Waals surface area contributed by atoms with E-state index in [0.29, 0.717) is 12.2 Å². The van der Waals surface area contributed by atoms with Gasteiger partial charge in [-0.05, 0) is 54.4 Å². The van der Waals surface area contributed by atoms with Crippen molar-refractivity contribution >= 4 is 37.8 Å². The van der Waals surface area contributed by atoms with Crippen LogP contribution in [0.25, 0.3) is 0 Å². The Morgan fingerprint density at radius 2 is 2.11 bits per heavy atom. The number of nitrogens with one attached hydrogen (secondary N) is 1. The molecule has 106 valence electrons. The molecule has 0 aliphatic rings. The Morgan fingerprint density at radius 1 is 1.42 bits per heavy atom. The normalized spacial score (nSPS) is 11.2. The van der Waals surface area contributed by atoms with E-state index in [1.807, 2.05) is 26.0 Å². The van der Waals surface area contributed by atoms with Crippen LogP contribution in [0.2, 0.25) is 0 Å². The fourth-order valence-corrected chi connectivity index (χ4v) is 2.65. The van der Waals surface area contributed by atoms with Gasteiger partial charge in [-0.2, -0.15) is 0 Å². The van der Waals surface area contributed by atoms with Gasteiger partial charge < -0.3 is 15.2 Å². The van der Waals surface area contributed by atoms with Crippen molar-refractivity contribution < 1.29 is 14.6 Å². The Balaban J connectivity index is 2.50. The maximum Gasteiger partial charge on any atom is 0.258 e. The average molecular weight is 395 g/mol. The second-order valence-corrected chi connectivity index (χ2v) is 6.54. The zero-order chi connectivity index (χ0) is 14.5. The van der Waals surface area contributed by atoms with E-state index < -0.39 is 5.54 Å². The third-order valence-corrected chi connectivity index (χ3v) is 3.58. The second kappa shape index (κ2) is 7.26. The molecule has 0 fully saturated rings. The van der Waals surface area contributed by atoms with Crippen LogP contribution in [0, 0.1) is 0 Å². The number of aliphatic hydroxyl groups excluding tert-OH is 1. The summed E-state index contributed by atoms with van der Waals surface area (Å²) >= 11 is 6.71. The van der Waals surface area contributed by atoms with Crippen molar-refractivity contribution in [1.29, 1.82) is 0 Å². The molecule has 0 aromatic heterocycles. The highest BCUT2D eigenvalue weighted by molar-refractivity contribution is 9.11. The number of aliphatic hydroxyl groups is 1. The van der Waals surface area contributed by atoms with Gasteiger partial charge in [0.15, 0.2) is 6.61 Å². The molecule has 0 unspecified atom stereocenters. The van der Waals surface area contributed by atoms with E-state index in [9.17, 15) is 4.79 Å². The zero-order valence-corrected chi connectivity index (χ0v) is 14.0. The molecule has 0 saturated carbocycles. The van der Waals surface area contributed by atoms with Crippen molar-refractivity contribution in [3.63, 3.8) is 0 Å². The van der Waals surface area contributed by atoms with Gasteiger partial charge in [0.1, 0.15) is 5.75 Å². The van der Waals surface area contributed by atoms with Gasteiger partial charge in [-0.1, -0.05) is 15.9 Å². The number of rotatable bonds is 6. The third kappa shape index (κ3) is 5.93. The first-order valence-corrected chi connectivity index (χ1v) is 7.42. The second-order valence-electron chi connectivity index (χ2n) is 4.77. The number of carbonyl (C=O) groups is 1. The molecule has 0 heterocycles. The molecule has 1 aromatic rings. The highest BCUT2D eigenvalue weighted by Crippen LogP contribution is 2.28. The molecular weight excluding hydrogens is 378 g/mol. The molecule has 0 aliphatic heterocycles. The number of hydrogen-bond acceptors (Lipinski definition) is 3. The van der Waals surface area contributed by atoms with E-state index >= 15 is 0 Å². The molecule has 2 N–H and O–H groups in total. The van der Waals surface area contributed by atoms with Crippen LogP contribution in [0.15, 0.2) is 27.1 Å². The lowest BCUT2D eigenvalue weighted by Crippen LogP contribution is -2.46. The minimum atomic E-state index is -0.438. The maximum atomic E-state index is 11.7. The number of hydrogen-bond donors (Lipinski definition) is 2. The van der Waals surface area contributed by atoms with Crippen molar-refractivity contribution in [2.75, 3.05) is 13.2 Å². The van der Waals surface area contributed by atoms with Crippen LogP contribution < -0.4 is 10.1 Å². The van der Waals surface area contributed by atoms with Crippen LogP contribution in [0.3, 0.4) is 0 Å². The SMILES string of the molecule is CC(C)(CCO)NC(=O)COc1ccc(Br)cc1Br. The molecule has 19 heavy (non-hydrogen) atoms. The number of amides is 1. The fraction of sp³-hybridized carbons (Fsp3) is 0.462. The predicted octanol–water partition coefficient (Wildman–Crippen LogP) is 2.87. The molecule has 0 saturated heterocycles. The molecule has 6 heteroatoms. The quantitative estimate of drug-likeness (QED) is 0.779. The molecule has 0 bridgehead atoms. The number of ether oxygens (including phenoxy) is 1. The third-order valence-electron chi connectivity index (χ3n) is 2.47. The summed E-state index contributed by atoms with van der Waals surface area (Å²) in [5.41, 5.74) is -0.438. The summed E-state index contributed by atoms with van der Waals surface area (Å²) in [6.07, 6.45) is 0.501. The Kier molecular flexibility index (Phi) is 6.29. The molecule has 1 amide bonds. The minimum absolute atomic E-state index is 0.0341. The van der Waals surface area contributed by atoms with Crippen LogP contribution in [-0.4, -0.2) is 29.8 Å². The summed E-state index contributed by atoms with van der Waals surface area (Å²) < 4.78 is 7.15. The van der Waals surface area contributed by atoms with Gasteiger partial charge in [0.05, 0.1) is 4.47 Å². The topological polar surface area (TPSA) is 58.6 Å². The Morgan fingerprint density at radius 3 is 2.68 bits per heavy atom. The van der Waals surface area contributed by atoms with E-state index in [0.717, 1.165) is 8.95 Å². The lowest BCUT2D eigenvalue weighted by molar-refractivity contribution is -0.124. The maximum absolute atomic E-state index is 11.7. The summed E-state index contributed by atoms with van der Waals surface area (Å²) in [6, 6.07) is 5.47. The summed E-state index contributed by atoms with van der Waals surface area (Å²) in [6.45, 7) is 3.69. The molecule has 1 rings (SSSR count). The van der Waals surface area contributed by atoms with Gasteiger partial charge in [-0.3, -0.25) is 4.79 Å². The van der Waals surface area contributed by atoms with Crippen molar-refractivity contribution in [3.8, 4) is 5.75 Å². The summed E-state index contributed by atoms with van der Waals surface area (Å²) in [5, 5.41) is 11.7. The summed E-state index contributed by atoms with van der Waals surface area (Å²) in [5.74, 6) is 0.395. The smallest absolute Gasteiger partial charge is 0.258 e. The standard InChI is InChI=1S/C13H17Br2NO3/c1-13(2,5-6-17)16-12(18)8-19-11-4-3-9(14)7-10(11)15/h3-4,7,17H,5-6,8H2,1-2H3,(H,16,18).